The number of amides is 2. The Bertz CT molecular complexity index is 833. The monoisotopic (exact) mass is 400 g/mol. The van der Waals surface area contributed by atoms with Crippen LogP contribution in [0, 0.1) is 5.41 Å². The van der Waals surface area contributed by atoms with Crippen molar-refractivity contribution in [3.05, 3.63) is 52.0 Å². The first kappa shape index (κ1) is 20.5. The molecule has 150 valence electrons. The van der Waals surface area contributed by atoms with Gasteiger partial charge < -0.3 is 15.1 Å². The highest BCUT2D eigenvalue weighted by Crippen LogP contribution is 2.28. The molecule has 2 aromatic heterocycles. The molecule has 0 aliphatic carbocycles. The van der Waals surface area contributed by atoms with E-state index in [1.807, 2.05) is 43.7 Å². The molecule has 1 aliphatic heterocycles. The number of rotatable bonds is 6. The van der Waals surface area contributed by atoms with E-state index < -0.39 is 5.92 Å². The summed E-state index contributed by atoms with van der Waals surface area (Å²) in [5.74, 6) is -0.560. The minimum absolute atomic E-state index is 0.0322. The number of hydrogen-bond acceptors (Lipinski definition) is 5. The second-order valence-corrected chi connectivity index (χ2v) is 9.33. The summed E-state index contributed by atoms with van der Waals surface area (Å²) in [6.45, 7) is 6.54. The molecule has 28 heavy (non-hydrogen) atoms. The van der Waals surface area contributed by atoms with Crippen molar-refractivity contribution in [3.63, 3.8) is 0 Å². The molecule has 1 atom stereocenters. The van der Waals surface area contributed by atoms with Crippen molar-refractivity contribution in [3.8, 4) is 0 Å². The summed E-state index contributed by atoms with van der Waals surface area (Å²) in [4.78, 5) is 34.9. The SMILES string of the molecule is CN(C)CC(C)(C)CNC(=O)C1CN(C(=O)c2cccs2)Cc2cccnc21. The topological polar surface area (TPSA) is 65.5 Å². The molecule has 7 heteroatoms. The van der Waals surface area contributed by atoms with E-state index in [0.717, 1.165) is 17.8 Å². The lowest BCUT2D eigenvalue weighted by molar-refractivity contribution is -0.123. The van der Waals surface area contributed by atoms with Gasteiger partial charge in [0.25, 0.3) is 5.91 Å². The number of hydrogen-bond donors (Lipinski definition) is 1. The molecule has 0 saturated heterocycles. The van der Waals surface area contributed by atoms with Gasteiger partial charge in [-0.3, -0.25) is 14.6 Å². The number of nitrogens with zero attached hydrogens (tertiary/aromatic N) is 3. The van der Waals surface area contributed by atoms with Crippen LogP contribution in [0.25, 0.3) is 0 Å². The summed E-state index contributed by atoms with van der Waals surface area (Å²) >= 11 is 1.42. The van der Waals surface area contributed by atoms with E-state index in [0.29, 0.717) is 24.5 Å². The van der Waals surface area contributed by atoms with Crippen LogP contribution in [0.5, 0.6) is 0 Å². The number of carbonyl (C=O) groups excluding carboxylic acids is 2. The van der Waals surface area contributed by atoms with Gasteiger partial charge in [0.05, 0.1) is 16.5 Å². The maximum absolute atomic E-state index is 13.0. The van der Waals surface area contributed by atoms with Gasteiger partial charge in [-0.25, -0.2) is 0 Å². The Hall–Kier alpha value is -2.25. The third kappa shape index (κ3) is 4.77. The van der Waals surface area contributed by atoms with Gasteiger partial charge in [-0.15, -0.1) is 11.3 Å². The molecule has 1 N–H and O–H groups in total. The number of fused-ring (bicyclic) bond motifs is 1. The second-order valence-electron chi connectivity index (χ2n) is 8.38. The van der Waals surface area contributed by atoms with Crippen molar-refractivity contribution >= 4 is 23.2 Å². The van der Waals surface area contributed by atoms with E-state index in [-0.39, 0.29) is 17.2 Å². The van der Waals surface area contributed by atoms with Gasteiger partial charge in [-0.05, 0) is 42.6 Å². The maximum Gasteiger partial charge on any atom is 0.264 e. The molecule has 0 saturated carbocycles. The normalized spacial score (nSPS) is 16.8. The molecular formula is C21H28N4O2S. The van der Waals surface area contributed by atoms with E-state index in [2.05, 4.69) is 29.0 Å². The van der Waals surface area contributed by atoms with Crippen LogP contribution in [0.2, 0.25) is 0 Å². The van der Waals surface area contributed by atoms with E-state index in [9.17, 15) is 9.59 Å². The number of pyridine rings is 1. The van der Waals surface area contributed by atoms with Gasteiger partial charge in [-0.1, -0.05) is 26.0 Å². The minimum Gasteiger partial charge on any atom is -0.355 e. The highest BCUT2D eigenvalue weighted by atomic mass is 32.1. The predicted octanol–water partition coefficient (Wildman–Crippen LogP) is 2.59. The van der Waals surface area contributed by atoms with Crippen molar-refractivity contribution in [1.29, 1.82) is 0 Å². The van der Waals surface area contributed by atoms with Crippen LogP contribution < -0.4 is 5.32 Å². The van der Waals surface area contributed by atoms with Gasteiger partial charge in [0, 0.05) is 32.4 Å². The maximum atomic E-state index is 13.0. The predicted molar refractivity (Wildman–Crippen MR) is 111 cm³/mol. The van der Waals surface area contributed by atoms with Crippen LogP contribution in [-0.4, -0.2) is 60.3 Å². The van der Waals surface area contributed by atoms with E-state index in [1.54, 1.807) is 11.1 Å². The lowest BCUT2D eigenvalue weighted by atomic mass is 9.91. The Morgan fingerprint density at radius 1 is 1.32 bits per heavy atom. The molecule has 0 aromatic carbocycles. The molecule has 3 rings (SSSR count). The van der Waals surface area contributed by atoms with Crippen molar-refractivity contribution in [2.45, 2.75) is 26.3 Å². The van der Waals surface area contributed by atoms with Crippen molar-refractivity contribution < 1.29 is 9.59 Å². The number of carbonyl (C=O) groups is 2. The molecule has 2 aromatic rings. The Morgan fingerprint density at radius 2 is 2.11 bits per heavy atom. The zero-order valence-corrected chi connectivity index (χ0v) is 17.8. The van der Waals surface area contributed by atoms with Crippen LogP contribution in [0.3, 0.4) is 0 Å². The third-order valence-corrected chi connectivity index (χ3v) is 5.70. The molecule has 1 aliphatic rings. The quantitative estimate of drug-likeness (QED) is 0.809. The molecule has 3 heterocycles. The minimum atomic E-state index is -0.455. The van der Waals surface area contributed by atoms with Crippen LogP contribution in [0.1, 0.15) is 40.7 Å². The number of aromatic nitrogens is 1. The molecule has 6 nitrogen and oxygen atoms in total. The average Bonchev–Trinajstić information content (AvgIpc) is 3.18. The van der Waals surface area contributed by atoms with E-state index >= 15 is 0 Å². The zero-order valence-electron chi connectivity index (χ0n) is 16.9. The van der Waals surface area contributed by atoms with E-state index in [4.69, 9.17) is 0 Å². The van der Waals surface area contributed by atoms with Gasteiger partial charge in [0.1, 0.15) is 0 Å². The van der Waals surface area contributed by atoms with Crippen molar-refractivity contribution in [2.24, 2.45) is 5.41 Å². The number of nitrogens with one attached hydrogen (secondary N) is 1. The zero-order chi connectivity index (χ0) is 20.3. The smallest absolute Gasteiger partial charge is 0.264 e. The largest absolute Gasteiger partial charge is 0.355 e. The molecule has 0 fully saturated rings. The lowest BCUT2D eigenvalue weighted by Gasteiger charge is -2.34. The van der Waals surface area contributed by atoms with Crippen LogP contribution in [0.15, 0.2) is 35.8 Å². The lowest BCUT2D eigenvalue weighted by Crippen LogP contribution is -2.46. The first-order valence-electron chi connectivity index (χ1n) is 9.46. The highest BCUT2D eigenvalue weighted by Gasteiger charge is 2.35. The van der Waals surface area contributed by atoms with Crippen LogP contribution >= 0.6 is 11.3 Å². The Kier molecular flexibility index (Phi) is 6.15. The summed E-state index contributed by atoms with van der Waals surface area (Å²) in [5, 5.41) is 4.98. The van der Waals surface area contributed by atoms with Crippen molar-refractivity contribution in [1.82, 2.24) is 20.1 Å². The third-order valence-electron chi connectivity index (χ3n) is 4.84. The van der Waals surface area contributed by atoms with Crippen LogP contribution in [-0.2, 0) is 11.3 Å². The molecule has 2 amide bonds. The van der Waals surface area contributed by atoms with Gasteiger partial charge >= 0.3 is 0 Å². The Labute approximate surface area is 170 Å². The van der Waals surface area contributed by atoms with E-state index in [1.165, 1.54) is 11.3 Å². The summed E-state index contributed by atoms with van der Waals surface area (Å²) in [6.07, 6.45) is 1.71. The summed E-state index contributed by atoms with van der Waals surface area (Å²) < 4.78 is 0. The van der Waals surface area contributed by atoms with Gasteiger partial charge in [-0.2, -0.15) is 0 Å². The second kappa shape index (κ2) is 8.41. The van der Waals surface area contributed by atoms with Crippen LogP contribution in [0.4, 0.5) is 0 Å². The molecule has 0 bridgehead atoms. The highest BCUT2D eigenvalue weighted by molar-refractivity contribution is 7.12. The first-order chi connectivity index (χ1) is 13.3. The van der Waals surface area contributed by atoms with Gasteiger partial charge in [0.2, 0.25) is 5.91 Å². The Morgan fingerprint density at radius 3 is 2.79 bits per heavy atom. The fourth-order valence-corrected chi connectivity index (χ4v) is 4.45. The number of thiophene rings is 1. The molecule has 0 radical (unpaired) electrons. The molecule has 0 spiro atoms. The summed E-state index contributed by atoms with van der Waals surface area (Å²) in [6, 6.07) is 7.50. The average molecular weight is 401 g/mol. The van der Waals surface area contributed by atoms with Gasteiger partial charge in [0.15, 0.2) is 0 Å². The van der Waals surface area contributed by atoms with Crippen molar-refractivity contribution in [2.75, 3.05) is 33.7 Å². The Balaban J connectivity index is 1.77. The first-order valence-corrected chi connectivity index (χ1v) is 10.3. The summed E-state index contributed by atoms with van der Waals surface area (Å²) in [7, 11) is 4.05. The standard InChI is InChI=1S/C21H28N4O2S/c1-21(2,14-24(3)4)13-23-19(26)16-12-25(20(27)17-8-6-10-28-17)11-15-7-5-9-22-18(15)16/h5-10,16H,11-14H2,1-4H3,(H,23,26). The fraction of sp³-hybridized carbons (Fsp3) is 0.476. The summed E-state index contributed by atoms with van der Waals surface area (Å²) in [5.41, 5.74) is 1.67. The fourth-order valence-electron chi connectivity index (χ4n) is 3.75. The molecule has 1 unspecified atom stereocenters. The molecular weight excluding hydrogens is 372 g/mol.